The van der Waals surface area contributed by atoms with Crippen molar-refractivity contribution in [2.24, 2.45) is 0 Å². The Morgan fingerprint density at radius 2 is 2.04 bits per heavy atom. The summed E-state index contributed by atoms with van der Waals surface area (Å²) in [7, 11) is 3.84. The lowest BCUT2D eigenvalue weighted by Gasteiger charge is -2.10. The van der Waals surface area contributed by atoms with Gasteiger partial charge in [-0.25, -0.2) is 0 Å². The molecule has 2 aromatic rings. The number of carbonyl (C=O) groups excluding carboxylic acids is 2. The zero-order valence-electron chi connectivity index (χ0n) is 13.3. The summed E-state index contributed by atoms with van der Waals surface area (Å²) in [5.41, 5.74) is 0.506. The molecule has 0 aliphatic carbocycles. The van der Waals surface area contributed by atoms with E-state index in [0.29, 0.717) is 23.7 Å². The van der Waals surface area contributed by atoms with Gasteiger partial charge in [0.2, 0.25) is 0 Å². The van der Waals surface area contributed by atoms with Gasteiger partial charge in [-0.05, 0) is 33.2 Å². The van der Waals surface area contributed by atoms with Crippen molar-refractivity contribution in [3.63, 3.8) is 0 Å². The smallest absolute Gasteiger partial charge is 0.269 e. The minimum Gasteiger partial charge on any atom is -0.360 e. The average molecular weight is 317 g/mol. The molecule has 2 heterocycles. The molecule has 0 aliphatic rings. The van der Waals surface area contributed by atoms with Crippen LogP contribution in [0, 0.1) is 6.92 Å². The molecule has 0 unspecified atom stereocenters. The zero-order valence-corrected chi connectivity index (χ0v) is 13.3. The summed E-state index contributed by atoms with van der Waals surface area (Å²) in [5.74, 6) is 0.208. The van der Waals surface area contributed by atoms with Gasteiger partial charge in [-0.3, -0.25) is 14.6 Å². The Labute approximate surface area is 133 Å². The lowest BCUT2D eigenvalue weighted by molar-refractivity contribution is 0.0946. The monoisotopic (exact) mass is 317 g/mol. The number of aryl methyl sites for hydroxylation is 1. The van der Waals surface area contributed by atoms with Crippen molar-refractivity contribution in [2.75, 3.05) is 32.5 Å². The van der Waals surface area contributed by atoms with Crippen LogP contribution in [0.2, 0.25) is 0 Å². The normalized spacial score (nSPS) is 10.6. The molecule has 0 aromatic carbocycles. The van der Waals surface area contributed by atoms with Gasteiger partial charge in [0.15, 0.2) is 5.82 Å². The van der Waals surface area contributed by atoms with E-state index < -0.39 is 0 Å². The fraction of sp³-hybridized carbons (Fsp3) is 0.333. The van der Waals surface area contributed by atoms with Gasteiger partial charge in [-0.2, -0.15) is 0 Å². The first-order valence-electron chi connectivity index (χ1n) is 7.09. The highest BCUT2D eigenvalue weighted by Crippen LogP contribution is 2.10. The van der Waals surface area contributed by atoms with Crippen molar-refractivity contribution in [1.82, 2.24) is 20.4 Å². The first kappa shape index (κ1) is 16.6. The predicted molar refractivity (Wildman–Crippen MR) is 84.3 cm³/mol. The minimum atomic E-state index is -0.386. The minimum absolute atomic E-state index is 0.188. The summed E-state index contributed by atoms with van der Waals surface area (Å²) in [5, 5.41) is 9.03. The number of likely N-dealkylation sites (N-methyl/N-ethyl adjacent to an activating group) is 1. The van der Waals surface area contributed by atoms with Gasteiger partial charge in [0, 0.05) is 30.9 Å². The van der Waals surface area contributed by atoms with Crippen LogP contribution in [-0.2, 0) is 0 Å². The SMILES string of the molecule is Cc1cc(NC(=O)c2ccnc(C(=O)NCCN(C)C)c2)no1. The highest BCUT2D eigenvalue weighted by molar-refractivity contribution is 6.05. The lowest BCUT2D eigenvalue weighted by atomic mass is 10.2. The maximum Gasteiger partial charge on any atom is 0.269 e. The number of amides is 2. The number of carbonyl (C=O) groups is 2. The molecule has 0 atom stereocenters. The number of anilines is 1. The van der Waals surface area contributed by atoms with Crippen molar-refractivity contribution < 1.29 is 14.1 Å². The van der Waals surface area contributed by atoms with Crippen LogP contribution in [0.3, 0.4) is 0 Å². The summed E-state index contributed by atoms with van der Waals surface area (Å²) in [6, 6.07) is 4.57. The highest BCUT2D eigenvalue weighted by atomic mass is 16.5. The fourth-order valence-corrected chi connectivity index (χ4v) is 1.79. The number of hydrogen-bond acceptors (Lipinski definition) is 6. The van der Waals surface area contributed by atoms with E-state index in [1.807, 2.05) is 19.0 Å². The van der Waals surface area contributed by atoms with Gasteiger partial charge in [-0.15, -0.1) is 0 Å². The molecule has 0 bridgehead atoms. The zero-order chi connectivity index (χ0) is 16.8. The molecule has 122 valence electrons. The van der Waals surface area contributed by atoms with Crippen molar-refractivity contribution in [1.29, 1.82) is 0 Å². The van der Waals surface area contributed by atoms with Gasteiger partial charge >= 0.3 is 0 Å². The number of aromatic nitrogens is 2. The van der Waals surface area contributed by atoms with E-state index in [1.165, 1.54) is 18.3 Å². The summed E-state index contributed by atoms with van der Waals surface area (Å²) < 4.78 is 4.88. The summed E-state index contributed by atoms with van der Waals surface area (Å²) in [6.45, 7) is 2.95. The summed E-state index contributed by atoms with van der Waals surface area (Å²) >= 11 is 0. The highest BCUT2D eigenvalue weighted by Gasteiger charge is 2.13. The van der Waals surface area contributed by atoms with E-state index in [4.69, 9.17) is 4.52 Å². The van der Waals surface area contributed by atoms with Gasteiger partial charge in [0.25, 0.3) is 11.8 Å². The Balaban J connectivity index is 2.01. The molecule has 2 amide bonds. The first-order valence-corrected chi connectivity index (χ1v) is 7.09. The second-order valence-corrected chi connectivity index (χ2v) is 5.27. The number of nitrogens with zero attached hydrogens (tertiary/aromatic N) is 3. The van der Waals surface area contributed by atoms with Gasteiger partial charge in [0.05, 0.1) is 0 Å². The van der Waals surface area contributed by atoms with Crippen molar-refractivity contribution >= 4 is 17.6 Å². The third kappa shape index (κ3) is 4.89. The van der Waals surface area contributed by atoms with E-state index in [0.717, 1.165) is 6.54 Å². The average Bonchev–Trinajstić information content (AvgIpc) is 2.92. The van der Waals surface area contributed by atoms with Crippen LogP contribution in [0.5, 0.6) is 0 Å². The molecule has 2 rings (SSSR count). The molecule has 8 heteroatoms. The third-order valence-electron chi connectivity index (χ3n) is 2.97. The second-order valence-electron chi connectivity index (χ2n) is 5.27. The summed E-state index contributed by atoms with van der Waals surface area (Å²) in [4.78, 5) is 30.1. The first-order chi connectivity index (χ1) is 11.0. The van der Waals surface area contributed by atoms with E-state index in [2.05, 4.69) is 20.8 Å². The standard InChI is InChI=1S/C15H19N5O3/c1-10-8-13(19-23-10)18-14(21)11-4-5-16-12(9-11)15(22)17-6-7-20(2)3/h4-5,8-9H,6-7H2,1-3H3,(H,17,22)(H,18,19,21). The van der Waals surface area contributed by atoms with Crippen LogP contribution in [-0.4, -0.2) is 54.0 Å². The summed E-state index contributed by atoms with van der Waals surface area (Å²) in [6.07, 6.45) is 1.42. The topological polar surface area (TPSA) is 100 Å². The van der Waals surface area contributed by atoms with Gasteiger partial charge < -0.3 is 20.1 Å². The largest absolute Gasteiger partial charge is 0.360 e. The Bertz CT molecular complexity index is 696. The van der Waals surface area contributed by atoms with Crippen molar-refractivity contribution in [3.05, 3.63) is 41.4 Å². The maximum absolute atomic E-state index is 12.1. The lowest BCUT2D eigenvalue weighted by Crippen LogP contribution is -2.32. The molecule has 0 fully saturated rings. The number of nitrogens with one attached hydrogen (secondary N) is 2. The van der Waals surface area contributed by atoms with E-state index in [9.17, 15) is 9.59 Å². The number of hydrogen-bond donors (Lipinski definition) is 2. The Morgan fingerprint density at radius 1 is 1.26 bits per heavy atom. The van der Waals surface area contributed by atoms with Crippen LogP contribution in [0.1, 0.15) is 26.6 Å². The quantitative estimate of drug-likeness (QED) is 0.822. The number of rotatable bonds is 6. The molecule has 2 aromatic heterocycles. The molecule has 0 radical (unpaired) electrons. The molecule has 0 saturated carbocycles. The molecule has 23 heavy (non-hydrogen) atoms. The molecule has 0 aliphatic heterocycles. The molecule has 0 spiro atoms. The van der Waals surface area contributed by atoms with Crippen LogP contribution in [0.15, 0.2) is 28.9 Å². The van der Waals surface area contributed by atoms with Crippen LogP contribution in [0.25, 0.3) is 0 Å². The molecular weight excluding hydrogens is 298 g/mol. The molecule has 0 saturated heterocycles. The predicted octanol–water partition coefficient (Wildman–Crippen LogP) is 0.922. The Hall–Kier alpha value is -2.74. The molecular formula is C15H19N5O3. The van der Waals surface area contributed by atoms with E-state index >= 15 is 0 Å². The fourth-order valence-electron chi connectivity index (χ4n) is 1.79. The maximum atomic E-state index is 12.1. The Morgan fingerprint density at radius 3 is 2.70 bits per heavy atom. The second kappa shape index (κ2) is 7.50. The van der Waals surface area contributed by atoms with E-state index in [1.54, 1.807) is 13.0 Å². The van der Waals surface area contributed by atoms with E-state index in [-0.39, 0.29) is 17.5 Å². The third-order valence-corrected chi connectivity index (χ3v) is 2.97. The van der Waals surface area contributed by atoms with Crippen molar-refractivity contribution in [3.8, 4) is 0 Å². The Kier molecular flexibility index (Phi) is 5.42. The van der Waals surface area contributed by atoms with Crippen LogP contribution < -0.4 is 10.6 Å². The molecule has 8 nitrogen and oxygen atoms in total. The van der Waals surface area contributed by atoms with Gasteiger partial charge in [-0.1, -0.05) is 5.16 Å². The molecule has 2 N–H and O–H groups in total. The van der Waals surface area contributed by atoms with Crippen molar-refractivity contribution in [2.45, 2.75) is 6.92 Å². The van der Waals surface area contributed by atoms with Crippen LogP contribution in [0.4, 0.5) is 5.82 Å². The van der Waals surface area contributed by atoms with Gasteiger partial charge in [0.1, 0.15) is 11.5 Å². The number of pyridine rings is 1. The van der Waals surface area contributed by atoms with Crippen LogP contribution >= 0.6 is 0 Å².